The van der Waals surface area contributed by atoms with Crippen LogP contribution in [-0.4, -0.2) is 10.6 Å². The van der Waals surface area contributed by atoms with Gasteiger partial charge in [-0.05, 0) is 61.2 Å². The Balaban J connectivity index is 1.98. The Bertz CT molecular complexity index is 883. The van der Waals surface area contributed by atoms with E-state index in [-0.39, 0.29) is 5.54 Å². The highest BCUT2D eigenvalue weighted by Gasteiger charge is 2.33. The summed E-state index contributed by atoms with van der Waals surface area (Å²) in [6, 6.07) is 5.81. The van der Waals surface area contributed by atoms with Crippen LogP contribution in [0.15, 0.2) is 30.3 Å². The van der Waals surface area contributed by atoms with Crippen LogP contribution >= 0.6 is 0 Å². The first kappa shape index (κ1) is 14.4. The Morgan fingerprint density at radius 2 is 1.78 bits per heavy atom. The van der Waals surface area contributed by atoms with Crippen molar-refractivity contribution in [1.29, 1.82) is 0 Å². The fourth-order valence-electron chi connectivity index (χ4n) is 3.75. The van der Waals surface area contributed by atoms with Crippen molar-refractivity contribution in [2.24, 2.45) is 0 Å². The molecular formula is C19H17F2NO. The van der Waals surface area contributed by atoms with Crippen LogP contribution in [0.1, 0.15) is 43.6 Å². The zero-order valence-corrected chi connectivity index (χ0v) is 13.2. The van der Waals surface area contributed by atoms with Gasteiger partial charge < -0.3 is 10.4 Å². The summed E-state index contributed by atoms with van der Waals surface area (Å²) in [6.07, 6.45) is 1.11. The number of halogens is 2. The predicted octanol–water partition coefficient (Wildman–Crippen LogP) is 4.63. The van der Waals surface area contributed by atoms with Crippen molar-refractivity contribution in [3.05, 3.63) is 58.7 Å². The van der Waals surface area contributed by atoms with E-state index in [1.165, 1.54) is 6.07 Å². The molecule has 2 aliphatic rings. The van der Waals surface area contributed by atoms with Gasteiger partial charge in [-0.2, -0.15) is 0 Å². The number of allylic oxidation sites excluding steroid dienone is 1. The number of fused-ring (bicyclic) bond motifs is 4. The molecule has 2 aromatic rings. The molecule has 0 spiro atoms. The zero-order chi connectivity index (χ0) is 16.5. The molecule has 1 heterocycles. The van der Waals surface area contributed by atoms with E-state index in [1.54, 1.807) is 0 Å². The SMILES string of the molecule is CC1=CC(C)(C)Nc2cc3c(cc21)-c1c(F)cc(F)cc1C3O. The van der Waals surface area contributed by atoms with Crippen LogP contribution in [-0.2, 0) is 0 Å². The van der Waals surface area contributed by atoms with Crippen molar-refractivity contribution in [1.82, 2.24) is 0 Å². The molecule has 1 unspecified atom stereocenters. The molecule has 0 radical (unpaired) electrons. The fourth-order valence-corrected chi connectivity index (χ4v) is 3.75. The summed E-state index contributed by atoms with van der Waals surface area (Å²) in [4.78, 5) is 0. The minimum atomic E-state index is -1.01. The maximum atomic E-state index is 14.3. The van der Waals surface area contributed by atoms with Gasteiger partial charge in [-0.3, -0.25) is 0 Å². The molecule has 0 bridgehead atoms. The average Bonchev–Trinajstić information content (AvgIpc) is 2.69. The number of hydrogen-bond acceptors (Lipinski definition) is 2. The van der Waals surface area contributed by atoms with E-state index in [0.717, 1.165) is 22.9 Å². The fraction of sp³-hybridized carbons (Fsp3) is 0.263. The Morgan fingerprint density at radius 1 is 1.04 bits per heavy atom. The van der Waals surface area contributed by atoms with Crippen LogP contribution < -0.4 is 5.32 Å². The lowest BCUT2D eigenvalue weighted by Crippen LogP contribution is -2.31. The van der Waals surface area contributed by atoms with E-state index in [2.05, 4.69) is 25.2 Å². The Hall–Kier alpha value is -2.20. The molecule has 0 saturated carbocycles. The molecule has 1 aliphatic carbocycles. The molecule has 0 fully saturated rings. The zero-order valence-electron chi connectivity index (χ0n) is 13.2. The monoisotopic (exact) mass is 313 g/mol. The third-order valence-corrected chi connectivity index (χ3v) is 4.59. The van der Waals surface area contributed by atoms with Crippen molar-refractivity contribution in [2.45, 2.75) is 32.4 Å². The van der Waals surface area contributed by atoms with Gasteiger partial charge in [-0.25, -0.2) is 8.78 Å². The summed E-state index contributed by atoms with van der Waals surface area (Å²) < 4.78 is 27.8. The molecule has 1 atom stereocenters. The molecule has 0 amide bonds. The van der Waals surface area contributed by atoms with E-state index in [4.69, 9.17) is 0 Å². The molecule has 2 N–H and O–H groups in total. The number of anilines is 1. The van der Waals surface area contributed by atoms with Crippen molar-refractivity contribution < 1.29 is 13.9 Å². The Kier molecular flexibility index (Phi) is 2.77. The van der Waals surface area contributed by atoms with Crippen molar-refractivity contribution in [2.75, 3.05) is 5.32 Å². The molecule has 0 aromatic heterocycles. The first-order valence-electron chi connectivity index (χ1n) is 7.60. The maximum absolute atomic E-state index is 14.3. The highest BCUT2D eigenvalue weighted by atomic mass is 19.1. The average molecular weight is 313 g/mol. The van der Waals surface area contributed by atoms with Crippen LogP contribution in [0, 0.1) is 11.6 Å². The van der Waals surface area contributed by atoms with Gasteiger partial charge in [0, 0.05) is 22.9 Å². The lowest BCUT2D eigenvalue weighted by molar-refractivity contribution is 0.224. The second kappa shape index (κ2) is 4.42. The smallest absolute Gasteiger partial charge is 0.134 e. The van der Waals surface area contributed by atoms with Crippen molar-refractivity contribution >= 4 is 11.3 Å². The largest absolute Gasteiger partial charge is 0.384 e. The first-order valence-corrected chi connectivity index (χ1v) is 7.60. The Labute approximate surface area is 133 Å². The van der Waals surface area contributed by atoms with Crippen LogP contribution in [0.3, 0.4) is 0 Å². The third kappa shape index (κ3) is 2.01. The first-order chi connectivity index (χ1) is 10.8. The summed E-state index contributed by atoms with van der Waals surface area (Å²) in [5.41, 5.74) is 4.62. The minimum absolute atomic E-state index is 0.195. The van der Waals surface area contributed by atoms with Crippen LogP contribution in [0.2, 0.25) is 0 Å². The molecule has 23 heavy (non-hydrogen) atoms. The second-order valence-corrected chi connectivity index (χ2v) is 6.91. The summed E-state index contributed by atoms with van der Waals surface area (Å²) in [5, 5.41) is 13.9. The van der Waals surface area contributed by atoms with E-state index in [9.17, 15) is 13.9 Å². The maximum Gasteiger partial charge on any atom is 0.134 e. The number of benzene rings is 2. The normalized spacial score (nSPS) is 20.3. The van der Waals surface area contributed by atoms with Gasteiger partial charge in [0.1, 0.15) is 17.7 Å². The lowest BCUT2D eigenvalue weighted by Gasteiger charge is -2.32. The Morgan fingerprint density at radius 3 is 2.52 bits per heavy atom. The highest BCUT2D eigenvalue weighted by Crippen LogP contribution is 2.48. The summed E-state index contributed by atoms with van der Waals surface area (Å²) >= 11 is 0. The predicted molar refractivity (Wildman–Crippen MR) is 87.2 cm³/mol. The molecule has 1 aliphatic heterocycles. The van der Waals surface area contributed by atoms with E-state index >= 15 is 0 Å². The van der Waals surface area contributed by atoms with Crippen molar-refractivity contribution in [3.63, 3.8) is 0 Å². The summed E-state index contributed by atoms with van der Waals surface area (Å²) in [6.45, 7) is 6.14. The number of hydrogen-bond donors (Lipinski definition) is 2. The molecule has 0 saturated heterocycles. The molecule has 118 valence electrons. The standard InChI is InChI=1S/C19H17F2NO/c1-9-8-19(2,3)22-16-7-13-12(6-11(9)16)17-14(18(13)23)4-10(20)5-15(17)21/h4-8,18,22-23H,1-3H3. The number of rotatable bonds is 0. The van der Waals surface area contributed by atoms with Crippen LogP contribution in [0.4, 0.5) is 14.5 Å². The van der Waals surface area contributed by atoms with Gasteiger partial charge in [-0.1, -0.05) is 6.08 Å². The quantitative estimate of drug-likeness (QED) is 0.743. The topological polar surface area (TPSA) is 32.3 Å². The molecule has 4 heteroatoms. The number of aliphatic hydroxyl groups excluding tert-OH is 1. The van der Waals surface area contributed by atoms with Gasteiger partial charge in [-0.15, -0.1) is 0 Å². The molecular weight excluding hydrogens is 296 g/mol. The van der Waals surface area contributed by atoms with Crippen molar-refractivity contribution in [3.8, 4) is 11.1 Å². The van der Waals surface area contributed by atoms with Crippen LogP contribution in [0.25, 0.3) is 16.7 Å². The minimum Gasteiger partial charge on any atom is -0.384 e. The van der Waals surface area contributed by atoms with Gasteiger partial charge >= 0.3 is 0 Å². The van der Waals surface area contributed by atoms with Gasteiger partial charge in [0.15, 0.2) is 0 Å². The van der Waals surface area contributed by atoms with Crippen LogP contribution in [0.5, 0.6) is 0 Å². The molecule has 2 aromatic carbocycles. The highest BCUT2D eigenvalue weighted by molar-refractivity contribution is 5.88. The van der Waals surface area contributed by atoms with Gasteiger partial charge in [0.2, 0.25) is 0 Å². The van der Waals surface area contributed by atoms with E-state index in [0.29, 0.717) is 22.3 Å². The molecule has 2 nitrogen and oxygen atoms in total. The van der Waals surface area contributed by atoms with Gasteiger partial charge in [0.25, 0.3) is 0 Å². The second-order valence-electron chi connectivity index (χ2n) is 6.91. The van der Waals surface area contributed by atoms with E-state index in [1.807, 2.05) is 19.1 Å². The third-order valence-electron chi connectivity index (χ3n) is 4.59. The molecule has 4 rings (SSSR count). The lowest BCUT2D eigenvalue weighted by atomic mass is 9.88. The number of aliphatic hydroxyl groups is 1. The summed E-state index contributed by atoms with van der Waals surface area (Å²) in [7, 11) is 0. The van der Waals surface area contributed by atoms with E-state index < -0.39 is 17.7 Å². The number of nitrogens with one attached hydrogen (secondary N) is 1. The van der Waals surface area contributed by atoms with Gasteiger partial charge in [0.05, 0.1) is 5.54 Å². The summed E-state index contributed by atoms with van der Waals surface area (Å²) in [5.74, 6) is -1.31.